The molecule has 4 aliphatic carbocycles. The van der Waals surface area contributed by atoms with Crippen LogP contribution in [0.5, 0.6) is 0 Å². The summed E-state index contributed by atoms with van der Waals surface area (Å²) >= 11 is 0. The predicted molar refractivity (Wildman–Crippen MR) is 119 cm³/mol. The Morgan fingerprint density at radius 3 is 2.64 bits per heavy atom. The van der Waals surface area contributed by atoms with Gasteiger partial charge in [0.2, 0.25) is 0 Å². The van der Waals surface area contributed by atoms with Gasteiger partial charge in [0.1, 0.15) is 0 Å². The standard InChI is InChI=1S/C27H46O/c1-19(18-28)8-7-9-20(2)23-13-14-24-22-12-11-21-10-5-6-16-26(21,3)25(22)15-17-27(23,24)4/h14,19-23,25,28H,5-13,15-18H2,1-4H3/t19?,20-,21?,22+,23-,25+,26+,27-/m1/s1. The Kier molecular flexibility index (Phi) is 6.05. The second-order valence-electron chi connectivity index (χ2n) is 11.9. The van der Waals surface area contributed by atoms with E-state index in [2.05, 4.69) is 33.8 Å². The Labute approximate surface area is 174 Å². The molecule has 4 rings (SSSR count). The average Bonchev–Trinajstić information content (AvgIpc) is 3.04. The smallest absolute Gasteiger partial charge is 0.0456 e. The molecule has 0 aromatic rings. The van der Waals surface area contributed by atoms with Crippen LogP contribution in [-0.4, -0.2) is 11.7 Å². The van der Waals surface area contributed by atoms with Gasteiger partial charge in [-0.2, -0.15) is 0 Å². The van der Waals surface area contributed by atoms with Crippen LogP contribution in [0.3, 0.4) is 0 Å². The number of allylic oxidation sites excluding steroid dienone is 2. The van der Waals surface area contributed by atoms with Gasteiger partial charge in [0.15, 0.2) is 0 Å². The molecule has 4 aliphatic rings. The molecular weight excluding hydrogens is 340 g/mol. The third-order valence-corrected chi connectivity index (χ3v) is 10.4. The van der Waals surface area contributed by atoms with Crippen molar-refractivity contribution in [1.29, 1.82) is 0 Å². The van der Waals surface area contributed by atoms with E-state index in [-0.39, 0.29) is 0 Å². The van der Waals surface area contributed by atoms with Gasteiger partial charge >= 0.3 is 0 Å². The van der Waals surface area contributed by atoms with E-state index < -0.39 is 0 Å². The molecule has 0 heterocycles. The highest BCUT2D eigenvalue weighted by atomic mass is 16.3. The Hall–Kier alpha value is -0.300. The fraction of sp³-hybridized carbons (Fsp3) is 0.926. The largest absolute Gasteiger partial charge is 0.396 e. The van der Waals surface area contributed by atoms with E-state index in [9.17, 15) is 5.11 Å². The van der Waals surface area contributed by atoms with E-state index >= 15 is 0 Å². The molecular formula is C27H46O. The number of aliphatic hydroxyl groups excluding tert-OH is 1. The first-order valence-electron chi connectivity index (χ1n) is 12.7. The van der Waals surface area contributed by atoms with Gasteiger partial charge in [0.05, 0.1) is 0 Å². The molecule has 1 nitrogen and oxygen atoms in total. The van der Waals surface area contributed by atoms with Gasteiger partial charge in [-0.15, -0.1) is 0 Å². The maximum atomic E-state index is 9.31. The summed E-state index contributed by atoms with van der Waals surface area (Å²) in [6.45, 7) is 10.4. The minimum atomic E-state index is 0.351. The minimum absolute atomic E-state index is 0.351. The molecule has 8 atom stereocenters. The molecule has 0 amide bonds. The van der Waals surface area contributed by atoms with Crippen molar-refractivity contribution in [3.63, 3.8) is 0 Å². The molecule has 0 radical (unpaired) electrons. The van der Waals surface area contributed by atoms with Gasteiger partial charge in [-0.05, 0) is 97.7 Å². The zero-order chi connectivity index (χ0) is 19.9. The van der Waals surface area contributed by atoms with Crippen molar-refractivity contribution < 1.29 is 5.11 Å². The molecule has 160 valence electrons. The summed E-state index contributed by atoms with van der Waals surface area (Å²) < 4.78 is 0. The Morgan fingerprint density at radius 1 is 1.04 bits per heavy atom. The van der Waals surface area contributed by atoms with Crippen LogP contribution >= 0.6 is 0 Å². The van der Waals surface area contributed by atoms with Gasteiger partial charge < -0.3 is 5.11 Å². The highest BCUT2D eigenvalue weighted by Crippen LogP contribution is 2.66. The molecule has 3 saturated carbocycles. The van der Waals surface area contributed by atoms with Crippen molar-refractivity contribution in [3.8, 4) is 0 Å². The third-order valence-electron chi connectivity index (χ3n) is 10.4. The molecule has 0 bridgehead atoms. The fourth-order valence-corrected chi connectivity index (χ4v) is 8.60. The predicted octanol–water partition coefficient (Wildman–Crippen LogP) is 7.39. The lowest BCUT2D eigenvalue weighted by Crippen LogP contribution is -2.50. The SMILES string of the molecule is CC(CO)CCC[C@@H](C)[C@H]1CC=C2[C@@H]3CCC4CCCC[C@]4(C)[C@H]3CC[C@@]21C. The molecule has 28 heavy (non-hydrogen) atoms. The van der Waals surface area contributed by atoms with Crippen molar-refractivity contribution in [3.05, 3.63) is 11.6 Å². The summed E-state index contributed by atoms with van der Waals surface area (Å²) in [4.78, 5) is 0. The highest BCUT2D eigenvalue weighted by molar-refractivity contribution is 5.29. The van der Waals surface area contributed by atoms with Crippen molar-refractivity contribution in [2.24, 2.45) is 46.3 Å². The van der Waals surface area contributed by atoms with Crippen LogP contribution in [0.2, 0.25) is 0 Å². The maximum absolute atomic E-state index is 9.31. The van der Waals surface area contributed by atoms with Gasteiger partial charge in [-0.25, -0.2) is 0 Å². The Bertz CT molecular complexity index is 579. The summed E-state index contributed by atoms with van der Waals surface area (Å²) in [6.07, 6.45) is 19.8. The lowest BCUT2D eigenvalue weighted by molar-refractivity contribution is -0.0584. The van der Waals surface area contributed by atoms with Crippen LogP contribution < -0.4 is 0 Å². The molecule has 0 spiro atoms. The summed E-state index contributed by atoms with van der Waals surface area (Å²) in [5, 5.41) is 9.31. The summed E-state index contributed by atoms with van der Waals surface area (Å²) in [5.74, 6) is 5.07. The van der Waals surface area contributed by atoms with Crippen LogP contribution in [0, 0.1) is 46.3 Å². The molecule has 0 aromatic heterocycles. The quantitative estimate of drug-likeness (QED) is 0.472. The molecule has 0 saturated heterocycles. The first kappa shape index (κ1) is 21.0. The number of rotatable bonds is 6. The molecule has 0 aromatic carbocycles. The van der Waals surface area contributed by atoms with Gasteiger partial charge in [-0.1, -0.05) is 65.0 Å². The minimum Gasteiger partial charge on any atom is -0.396 e. The molecule has 1 heteroatoms. The van der Waals surface area contributed by atoms with E-state index in [4.69, 9.17) is 0 Å². The first-order valence-corrected chi connectivity index (χ1v) is 12.7. The summed E-state index contributed by atoms with van der Waals surface area (Å²) in [7, 11) is 0. The van der Waals surface area contributed by atoms with Crippen molar-refractivity contribution in [2.75, 3.05) is 6.61 Å². The first-order chi connectivity index (χ1) is 13.4. The van der Waals surface area contributed by atoms with Gasteiger partial charge in [-0.3, -0.25) is 0 Å². The molecule has 0 aliphatic heterocycles. The number of aliphatic hydroxyl groups is 1. The van der Waals surface area contributed by atoms with Crippen molar-refractivity contribution >= 4 is 0 Å². The van der Waals surface area contributed by atoms with Crippen molar-refractivity contribution in [2.45, 2.75) is 105 Å². The second-order valence-corrected chi connectivity index (χ2v) is 11.9. The second kappa shape index (κ2) is 8.09. The van der Waals surface area contributed by atoms with E-state index in [0.717, 1.165) is 29.6 Å². The maximum Gasteiger partial charge on any atom is 0.0456 e. The van der Waals surface area contributed by atoms with Crippen LogP contribution in [0.4, 0.5) is 0 Å². The van der Waals surface area contributed by atoms with Crippen LogP contribution in [-0.2, 0) is 0 Å². The number of fused-ring (bicyclic) bond motifs is 5. The highest BCUT2D eigenvalue weighted by Gasteiger charge is 2.57. The molecule has 2 unspecified atom stereocenters. The van der Waals surface area contributed by atoms with E-state index in [0.29, 0.717) is 23.4 Å². The van der Waals surface area contributed by atoms with Gasteiger partial charge in [0, 0.05) is 6.61 Å². The lowest BCUT2D eigenvalue weighted by atomic mass is 9.46. The molecule has 3 fully saturated rings. The van der Waals surface area contributed by atoms with Gasteiger partial charge in [0.25, 0.3) is 0 Å². The topological polar surface area (TPSA) is 20.2 Å². The summed E-state index contributed by atoms with van der Waals surface area (Å²) in [6, 6.07) is 0. The Morgan fingerprint density at radius 2 is 1.86 bits per heavy atom. The lowest BCUT2D eigenvalue weighted by Gasteiger charge is -2.59. The normalized spacial score (nSPS) is 44.8. The van der Waals surface area contributed by atoms with Crippen molar-refractivity contribution in [1.82, 2.24) is 0 Å². The monoisotopic (exact) mass is 386 g/mol. The summed E-state index contributed by atoms with van der Waals surface area (Å²) in [5.41, 5.74) is 3.05. The average molecular weight is 387 g/mol. The number of hydrogen-bond acceptors (Lipinski definition) is 1. The number of hydrogen-bond donors (Lipinski definition) is 1. The van der Waals surface area contributed by atoms with E-state index in [1.807, 2.05) is 5.57 Å². The van der Waals surface area contributed by atoms with Crippen LogP contribution in [0.25, 0.3) is 0 Å². The third kappa shape index (κ3) is 3.42. The van der Waals surface area contributed by atoms with E-state index in [1.54, 1.807) is 0 Å². The zero-order valence-corrected chi connectivity index (χ0v) is 19.2. The van der Waals surface area contributed by atoms with Crippen LogP contribution in [0.1, 0.15) is 105 Å². The Balaban J connectivity index is 1.44. The zero-order valence-electron chi connectivity index (χ0n) is 19.2. The van der Waals surface area contributed by atoms with Crippen LogP contribution in [0.15, 0.2) is 11.6 Å². The molecule has 1 N–H and O–H groups in total. The van der Waals surface area contributed by atoms with E-state index in [1.165, 1.54) is 77.0 Å². The fourth-order valence-electron chi connectivity index (χ4n) is 8.60.